The lowest BCUT2D eigenvalue weighted by Crippen LogP contribution is -2.24. The van der Waals surface area contributed by atoms with Crippen molar-refractivity contribution in [1.29, 1.82) is 0 Å². The average molecular weight is 253 g/mol. The first kappa shape index (κ1) is 13.5. The van der Waals surface area contributed by atoms with Crippen molar-refractivity contribution in [2.75, 3.05) is 13.2 Å². The Bertz CT molecular complexity index is 359. The second-order valence-electron chi connectivity index (χ2n) is 5.63. The van der Waals surface area contributed by atoms with E-state index in [1.807, 2.05) is 0 Å². The third kappa shape index (κ3) is 4.07. The first-order chi connectivity index (χ1) is 8.63. The number of rotatable bonds is 6. The summed E-state index contributed by atoms with van der Waals surface area (Å²) in [6, 6.07) is 0.105. The fourth-order valence-corrected chi connectivity index (χ4v) is 2.37. The van der Waals surface area contributed by atoms with Gasteiger partial charge in [-0.1, -0.05) is 19.0 Å². The van der Waals surface area contributed by atoms with Crippen LogP contribution in [0, 0.1) is 11.8 Å². The predicted octanol–water partition coefficient (Wildman–Crippen LogP) is 1.56. The number of nitrogens with two attached hydrogens (primary N) is 1. The summed E-state index contributed by atoms with van der Waals surface area (Å²) >= 11 is 0. The third-order valence-electron chi connectivity index (χ3n) is 3.22. The van der Waals surface area contributed by atoms with Gasteiger partial charge in [-0.3, -0.25) is 0 Å². The summed E-state index contributed by atoms with van der Waals surface area (Å²) in [6.07, 6.45) is 3.60. The molecule has 1 aromatic rings. The van der Waals surface area contributed by atoms with E-state index < -0.39 is 0 Å². The van der Waals surface area contributed by atoms with E-state index in [1.54, 1.807) is 0 Å². The molecular weight excluding hydrogens is 230 g/mol. The van der Waals surface area contributed by atoms with Crippen molar-refractivity contribution in [3.8, 4) is 0 Å². The summed E-state index contributed by atoms with van der Waals surface area (Å²) in [4.78, 5) is 4.41. The van der Waals surface area contributed by atoms with Crippen LogP contribution < -0.4 is 5.73 Å². The standard InChI is InChI=1S/C13H23N3O2/c1-9(2)5-11(14)7-13-15-12(16-18-13)6-10-3-4-17-8-10/h9-11H,3-8,14H2,1-2H3. The summed E-state index contributed by atoms with van der Waals surface area (Å²) in [7, 11) is 0. The van der Waals surface area contributed by atoms with Gasteiger partial charge in [-0.25, -0.2) is 0 Å². The quantitative estimate of drug-likeness (QED) is 0.833. The maximum absolute atomic E-state index is 6.03. The molecule has 0 aromatic carbocycles. The average Bonchev–Trinajstić information content (AvgIpc) is 2.89. The molecule has 5 heteroatoms. The van der Waals surface area contributed by atoms with Gasteiger partial charge in [0.05, 0.1) is 0 Å². The highest BCUT2D eigenvalue weighted by Crippen LogP contribution is 2.17. The molecule has 1 aromatic heterocycles. The van der Waals surface area contributed by atoms with Crippen LogP contribution in [0.5, 0.6) is 0 Å². The van der Waals surface area contributed by atoms with Gasteiger partial charge in [0.1, 0.15) is 0 Å². The van der Waals surface area contributed by atoms with Gasteiger partial charge in [-0.15, -0.1) is 0 Å². The number of hydrogen-bond acceptors (Lipinski definition) is 5. The second kappa shape index (κ2) is 6.29. The summed E-state index contributed by atoms with van der Waals surface area (Å²) in [5.74, 6) is 2.59. The van der Waals surface area contributed by atoms with Crippen LogP contribution in [0.15, 0.2) is 4.52 Å². The van der Waals surface area contributed by atoms with E-state index >= 15 is 0 Å². The Hall–Kier alpha value is -0.940. The van der Waals surface area contributed by atoms with E-state index in [0.29, 0.717) is 24.1 Å². The third-order valence-corrected chi connectivity index (χ3v) is 3.22. The molecule has 5 nitrogen and oxygen atoms in total. The zero-order valence-electron chi connectivity index (χ0n) is 11.3. The van der Waals surface area contributed by atoms with Crippen molar-refractivity contribution in [3.63, 3.8) is 0 Å². The van der Waals surface area contributed by atoms with Crippen LogP contribution in [0.4, 0.5) is 0 Å². The van der Waals surface area contributed by atoms with Gasteiger partial charge in [0.15, 0.2) is 5.82 Å². The van der Waals surface area contributed by atoms with Crippen LogP contribution in [0.2, 0.25) is 0 Å². The highest BCUT2D eigenvalue weighted by Gasteiger charge is 2.19. The fraction of sp³-hybridized carbons (Fsp3) is 0.846. The number of hydrogen-bond donors (Lipinski definition) is 1. The van der Waals surface area contributed by atoms with E-state index in [0.717, 1.165) is 38.3 Å². The molecule has 0 amide bonds. The lowest BCUT2D eigenvalue weighted by Gasteiger charge is -2.10. The number of aromatic nitrogens is 2. The molecule has 0 spiro atoms. The van der Waals surface area contributed by atoms with E-state index in [-0.39, 0.29) is 6.04 Å². The molecule has 2 rings (SSSR count). The van der Waals surface area contributed by atoms with Crippen molar-refractivity contribution in [2.24, 2.45) is 17.6 Å². The Labute approximate surface area is 108 Å². The van der Waals surface area contributed by atoms with Gasteiger partial charge in [0, 0.05) is 32.1 Å². The molecule has 1 aliphatic rings. The van der Waals surface area contributed by atoms with E-state index in [2.05, 4.69) is 24.0 Å². The smallest absolute Gasteiger partial charge is 0.228 e. The molecule has 1 fully saturated rings. The first-order valence-electron chi connectivity index (χ1n) is 6.78. The highest BCUT2D eigenvalue weighted by atomic mass is 16.5. The Morgan fingerprint density at radius 1 is 1.44 bits per heavy atom. The van der Waals surface area contributed by atoms with Gasteiger partial charge in [0.2, 0.25) is 5.89 Å². The zero-order valence-corrected chi connectivity index (χ0v) is 11.3. The van der Waals surface area contributed by atoms with E-state index in [9.17, 15) is 0 Å². The molecule has 102 valence electrons. The van der Waals surface area contributed by atoms with Crippen LogP contribution in [0.3, 0.4) is 0 Å². The maximum Gasteiger partial charge on any atom is 0.228 e. The lowest BCUT2D eigenvalue weighted by molar-refractivity contribution is 0.185. The molecule has 2 atom stereocenters. The van der Waals surface area contributed by atoms with Crippen molar-refractivity contribution >= 4 is 0 Å². The molecule has 18 heavy (non-hydrogen) atoms. The highest BCUT2D eigenvalue weighted by molar-refractivity contribution is 4.91. The summed E-state index contributed by atoms with van der Waals surface area (Å²) in [6.45, 7) is 6.00. The molecule has 2 N–H and O–H groups in total. The van der Waals surface area contributed by atoms with Crippen LogP contribution in [-0.2, 0) is 17.6 Å². The van der Waals surface area contributed by atoms with Gasteiger partial charge in [-0.05, 0) is 24.7 Å². The number of ether oxygens (including phenoxy) is 1. The van der Waals surface area contributed by atoms with Gasteiger partial charge >= 0.3 is 0 Å². The van der Waals surface area contributed by atoms with Gasteiger partial charge in [-0.2, -0.15) is 4.98 Å². The summed E-state index contributed by atoms with van der Waals surface area (Å²) in [5, 5.41) is 4.01. The minimum Gasteiger partial charge on any atom is -0.381 e. The predicted molar refractivity (Wildman–Crippen MR) is 68.1 cm³/mol. The van der Waals surface area contributed by atoms with Crippen molar-refractivity contribution in [2.45, 2.75) is 45.6 Å². The molecule has 0 radical (unpaired) electrons. The SMILES string of the molecule is CC(C)CC(N)Cc1nc(CC2CCOC2)no1. The molecule has 1 aliphatic heterocycles. The van der Waals surface area contributed by atoms with Crippen LogP contribution in [-0.4, -0.2) is 29.4 Å². The van der Waals surface area contributed by atoms with Crippen LogP contribution in [0.1, 0.15) is 38.4 Å². The number of nitrogens with zero attached hydrogens (tertiary/aromatic N) is 2. The minimum absolute atomic E-state index is 0.105. The topological polar surface area (TPSA) is 74.2 Å². The molecule has 2 unspecified atom stereocenters. The van der Waals surface area contributed by atoms with Gasteiger partial charge < -0.3 is 15.0 Å². The summed E-state index contributed by atoms with van der Waals surface area (Å²) in [5.41, 5.74) is 6.03. The zero-order chi connectivity index (χ0) is 13.0. The molecule has 1 saturated heterocycles. The maximum atomic E-state index is 6.03. The Balaban J connectivity index is 1.81. The fourth-order valence-electron chi connectivity index (χ4n) is 2.37. The molecule has 0 saturated carbocycles. The molecular formula is C13H23N3O2. The minimum atomic E-state index is 0.105. The van der Waals surface area contributed by atoms with Crippen LogP contribution in [0.25, 0.3) is 0 Å². The Kier molecular flexibility index (Phi) is 4.72. The summed E-state index contributed by atoms with van der Waals surface area (Å²) < 4.78 is 10.6. The Morgan fingerprint density at radius 3 is 2.94 bits per heavy atom. The lowest BCUT2D eigenvalue weighted by atomic mass is 10.0. The second-order valence-corrected chi connectivity index (χ2v) is 5.63. The first-order valence-corrected chi connectivity index (χ1v) is 6.78. The van der Waals surface area contributed by atoms with Crippen molar-refractivity contribution in [1.82, 2.24) is 10.1 Å². The van der Waals surface area contributed by atoms with E-state index in [1.165, 1.54) is 0 Å². The van der Waals surface area contributed by atoms with Crippen molar-refractivity contribution < 1.29 is 9.26 Å². The molecule has 2 heterocycles. The van der Waals surface area contributed by atoms with Gasteiger partial charge in [0.25, 0.3) is 0 Å². The molecule has 0 aliphatic carbocycles. The van der Waals surface area contributed by atoms with E-state index in [4.69, 9.17) is 15.0 Å². The monoisotopic (exact) mass is 253 g/mol. The Morgan fingerprint density at radius 2 is 2.28 bits per heavy atom. The largest absolute Gasteiger partial charge is 0.381 e. The molecule has 0 bridgehead atoms. The van der Waals surface area contributed by atoms with Crippen LogP contribution >= 0.6 is 0 Å². The van der Waals surface area contributed by atoms with Crippen molar-refractivity contribution in [3.05, 3.63) is 11.7 Å². The normalized spacial score (nSPS) is 21.7.